The predicted octanol–water partition coefficient (Wildman–Crippen LogP) is 4.79. The lowest BCUT2D eigenvalue weighted by molar-refractivity contribution is 0.261. The number of aromatic nitrogens is 4. The van der Waals surface area contributed by atoms with Crippen molar-refractivity contribution in [3.05, 3.63) is 51.0 Å². The van der Waals surface area contributed by atoms with E-state index < -0.39 is 5.54 Å². The van der Waals surface area contributed by atoms with Gasteiger partial charge in [0.1, 0.15) is 5.54 Å². The van der Waals surface area contributed by atoms with Crippen molar-refractivity contribution >= 4 is 39.1 Å². The Balaban J connectivity index is 2.00. The molecule has 3 rings (SSSR count). The van der Waals surface area contributed by atoms with Crippen LogP contribution < -0.4 is 0 Å². The Morgan fingerprint density at radius 3 is 2.68 bits per heavy atom. The summed E-state index contributed by atoms with van der Waals surface area (Å²) in [7, 11) is 0. The Labute approximate surface area is 145 Å². The monoisotopic (exact) mass is 400 g/mol. The molecule has 22 heavy (non-hydrogen) atoms. The van der Waals surface area contributed by atoms with Crippen LogP contribution in [-0.4, -0.2) is 19.9 Å². The van der Waals surface area contributed by atoms with E-state index in [0.29, 0.717) is 27.3 Å². The van der Waals surface area contributed by atoms with Gasteiger partial charge in [-0.15, -0.1) is 0 Å². The van der Waals surface area contributed by atoms with Crippen molar-refractivity contribution in [3.63, 3.8) is 0 Å². The smallest absolute Gasteiger partial charge is 0.254 e. The van der Waals surface area contributed by atoms with Gasteiger partial charge in [-0.2, -0.15) is 10.1 Å². The number of halogens is 3. The first kappa shape index (κ1) is 15.5. The first-order chi connectivity index (χ1) is 10.4. The topological polar surface area (TPSA) is 56.7 Å². The van der Waals surface area contributed by atoms with Crippen LogP contribution in [0.3, 0.4) is 0 Å². The molecule has 0 fully saturated rings. The van der Waals surface area contributed by atoms with Crippen molar-refractivity contribution in [3.8, 4) is 11.4 Å². The van der Waals surface area contributed by atoms with Crippen LogP contribution in [-0.2, 0) is 5.54 Å². The van der Waals surface area contributed by atoms with Crippen molar-refractivity contribution in [1.29, 1.82) is 0 Å². The van der Waals surface area contributed by atoms with Gasteiger partial charge in [0.25, 0.3) is 5.89 Å². The number of hydrogen-bond donors (Lipinski definition) is 0. The molecule has 8 heteroatoms. The summed E-state index contributed by atoms with van der Waals surface area (Å²) in [6.07, 6.45) is 3.55. The number of rotatable bonds is 3. The fourth-order valence-corrected chi connectivity index (χ4v) is 2.74. The Morgan fingerprint density at radius 2 is 2.05 bits per heavy atom. The largest absolute Gasteiger partial charge is 0.336 e. The maximum atomic E-state index is 6.18. The Bertz CT molecular complexity index is 828. The average molecular weight is 402 g/mol. The van der Waals surface area contributed by atoms with E-state index in [9.17, 15) is 0 Å². The van der Waals surface area contributed by atoms with Crippen molar-refractivity contribution in [2.75, 3.05) is 0 Å². The second-order valence-corrected chi connectivity index (χ2v) is 6.97. The van der Waals surface area contributed by atoms with E-state index in [0.717, 1.165) is 4.47 Å². The minimum Gasteiger partial charge on any atom is -0.336 e. The van der Waals surface area contributed by atoms with Gasteiger partial charge in [-0.05, 0) is 48.0 Å². The third-order valence-corrected chi connectivity index (χ3v) is 4.20. The molecule has 0 atom stereocenters. The van der Waals surface area contributed by atoms with E-state index in [-0.39, 0.29) is 0 Å². The van der Waals surface area contributed by atoms with E-state index >= 15 is 0 Å². The zero-order valence-electron chi connectivity index (χ0n) is 11.7. The van der Waals surface area contributed by atoms with E-state index in [1.807, 2.05) is 20.0 Å². The standard InChI is InChI=1S/C14H11BrCl2N4O/c1-14(2,21-7-8(15)6-18-21)13-19-12(20-22-13)10-4-3-9(16)5-11(10)17/h3-7H,1-2H3. The van der Waals surface area contributed by atoms with Crippen LogP contribution in [0.5, 0.6) is 0 Å². The lowest BCUT2D eigenvalue weighted by Crippen LogP contribution is -2.28. The highest BCUT2D eigenvalue weighted by Crippen LogP contribution is 2.31. The SMILES string of the molecule is CC(C)(c1nc(-c2ccc(Cl)cc2Cl)no1)n1cc(Br)cn1. The van der Waals surface area contributed by atoms with Gasteiger partial charge in [-0.3, -0.25) is 4.68 Å². The van der Waals surface area contributed by atoms with Crippen LogP contribution >= 0.6 is 39.1 Å². The molecule has 0 bridgehead atoms. The Morgan fingerprint density at radius 1 is 1.27 bits per heavy atom. The molecule has 2 heterocycles. The summed E-state index contributed by atoms with van der Waals surface area (Å²) >= 11 is 15.5. The zero-order chi connectivity index (χ0) is 15.9. The quantitative estimate of drug-likeness (QED) is 0.633. The van der Waals surface area contributed by atoms with Gasteiger partial charge in [0, 0.05) is 16.8 Å². The molecule has 0 amide bonds. The summed E-state index contributed by atoms with van der Waals surface area (Å²) in [6.45, 7) is 3.88. The predicted molar refractivity (Wildman–Crippen MR) is 88.1 cm³/mol. The molecule has 114 valence electrons. The lowest BCUT2D eigenvalue weighted by Gasteiger charge is -2.20. The lowest BCUT2D eigenvalue weighted by atomic mass is 10.1. The molecule has 0 spiro atoms. The van der Waals surface area contributed by atoms with Crippen molar-refractivity contribution in [2.24, 2.45) is 0 Å². The third-order valence-electron chi connectivity index (χ3n) is 3.25. The first-order valence-corrected chi connectivity index (χ1v) is 7.93. The van der Waals surface area contributed by atoms with Crippen molar-refractivity contribution in [1.82, 2.24) is 19.9 Å². The van der Waals surface area contributed by atoms with E-state index in [4.69, 9.17) is 27.7 Å². The minimum atomic E-state index is -0.587. The molecule has 5 nitrogen and oxygen atoms in total. The molecule has 0 unspecified atom stereocenters. The van der Waals surface area contributed by atoms with Crippen LogP contribution in [0.2, 0.25) is 10.0 Å². The summed E-state index contributed by atoms with van der Waals surface area (Å²) < 4.78 is 8.03. The highest BCUT2D eigenvalue weighted by Gasteiger charge is 2.31. The van der Waals surface area contributed by atoms with Crippen LogP contribution in [0, 0.1) is 0 Å². The summed E-state index contributed by atoms with van der Waals surface area (Å²) in [5, 5.41) is 9.31. The van der Waals surface area contributed by atoms with Gasteiger partial charge in [0.05, 0.1) is 15.7 Å². The second-order valence-electron chi connectivity index (χ2n) is 5.21. The second kappa shape index (κ2) is 5.68. The van der Waals surface area contributed by atoms with Crippen molar-refractivity contribution < 1.29 is 4.52 Å². The molecule has 0 aliphatic carbocycles. The molecular formula is C14H11BrCl2N4O. The van der Waals surface area contributed by atoms with Crippen LogP contribution in [0.1, 0.15) is 19.7 Å². The van der Waals surface area contributed by atoms with Gasteiger partial charge >= 0.3 is 0 Å². The van der Waals surface area contributed by atoms with E-state index in [1.54, 1.807) is 29.1 Å². The number of benzene rings is 1. The molecule has 0 N–H and O–H groups in total. The Hall–Kier alpha value is -1.37. The molecule has 0 radical (unpaired) electrons. The highest BCUT2D eigenvalue weighted by molar-refractivity contribution is 9.10. The molecule has 0 aliphatic rings. The van der Waals surface area contributed by atoms with Gasteiger partial charge in [-0.25, -0.2) is 0 Å². The first-order valence-electron chi connectivity index (χ1n) is 6.38. The van der Waals surface area contributed by atoms with E-state index in [1.165, 1.54) is 0 Å². The Kier molecular flexibility index (Phi) is 4.01. The van der Waals surface area contributed by atoms with Crippen LogP contribution in [0.4, 0.5) is 0 Å². The number of nitrogens with zero attached hydrogens (tertiary/aromatic N) is 4. The maximum absolute atomic E-state index is 6.18. The summed E-state index contributed by atoms with van der Waals surface area (Å²) in [5.41, 5.74) is 0.0782. The van der Waals surface area contributed by atoms with E-state index in [2.05, 4.69) is 31.2 Å². The molecule has 3 aromatic rings. The average Bonchev–Trinajstić information content (AvgIpc) is 3.08. The van der Waals surface area contributed by atoms with Gasteiger partial charge < -0.3 is 4.52 Å². The highest BCUT2D eigenvalue weighted by atomic mass is 79.9. The summed E-state index contributed by atoms with van der Waals surface area (Å²) in [6, 6.07) is 5.13. The molecule has 0 saturated carbocycles. The van der Waals surface area contributed by atoms with Gasteiger partial charge in [0.15, 0.2) is 0 Å². The fraction of sp³-hybridized carbons (Fsp3) is 0.214. The summed E-state index contributed by atoms with van der Waals surface area (Å²) in [5.74, 6) is 0.847. The molecule has 2 aromatic heterocycles. The van der Waals surface area contributed by atoms with Gasteiger partial charge in [0.2, 0.25) is 5.82 Å². The molecular weight excluding hydrogens is 391 g/mol. The van der Waals surface area contributed by atoms with Crippen molar-refractivity contribution in [2.45, 2.75) is 19.4 Å². The molecule has 0 aliphatic heterocycles. The normalized spacial score (nSPS) is 11.9. The van der Waals surface area contributed by atoms with Crippen LogP contribution in [0.15, 0.2) is 39.6 Å². The maximum Gasteiger partial charge on any atom is 0.254 e. The molecule has 1 aromatic carbocycles. The fourth-order valence-electron chi connectivity index (χ4n) is 1.96. The third kappa shape index (κ3) is 2.78. The summed E-state index contributed by atoms with van der Waals surface area (Å²) in [4.78, 5) is 4.45. The zero-order valence-corrected chi connectivity index (χ0v) is 14.8. The minimum absolute atomic E-state index is 0.413. The molecule has 0 saturated heterocycles. The number of hydrogen-bond acceptors (Lipinski definition) is 4. The van der Waals surface area contributed by atoms with Gasteiger partial charge in [-0.1, -0.05) is 28.4 Å². The van der Waals surface area contributed by atoms with Crippen LogP contribution in [0.25, 0.3) is 11.4 Å².